The van der Waals surface area contributed by atoms with Crippen molar-refractivity contribution >= 4 is 23.3 Å². The minimum atomic E-state index is -0.217. The molecule has 1 aromatic carbocycles. The van der Waals surface area contributed by atoms with E-state index >= 15 is 0 Å². The molecule has 150 valence electrons. The van der Waals surface area contributed by atoms with E-state index in [0.717, 1.165) is 25.8 Å². The molecule has 7 heteroatoms. The highest BCUT2D eigenvalue weighted by atomic mass is 35.5. The first-order valence-electron chi connectivity index (χ1n) is 9.83. The number of anilines is 1. The SMILES string of the molecule is CC(C)CCNC(=O)[C@@H]1CCCN(c2ccc(=O)n(-c3cccc(Cl)c3)n2)C1. The third-order valence-electron chi connectivity index (χ3n) is 4.98. The summed E-state index contributed by atoms with van der Waals surface area (Å²) in [7, 11) is 0. The van der Waals surface area contributed by atoms with Crippen LogP contribution in [0.1, 0.15) is 33.1 Å². The molecule has 1 aliphatic rings. The van der Waals surface area contributed by atoms with Gasteiger partial charge < -0.3 is 10.2 Å². The highest BCUT2D eigenvalue weighted by molar-refractivity contribution is 6.30. The lowest BCUT2D eigenvalue weighted by Gasteiger charge is -2.33. The first kappa shape index (κ1) is 20.4. The van der Waals surface area contributed by atoms with Crippen molar-refractivity contribution in [3.63, 3.8) is 0 Å². The monoisotopic (exact) mass is 402 g/mol. The molecule has 0 saturated carbocycles. The lowest BCUT2D eigenvalue weighted by atomic mass is 9.97. The topological polar surface area (TPSA) is 67.2 Å². The summed E-state index contributed by atoms with van der Waals surface area (Å²) < 4.78 is 1.35. The molecule has 2 aromatic rings. The zero-order chi connectivity index (χ0) is 20.1. The third-order valence-corrected chi connectivity index (χ3v) is 5.21. The summed E-state index contributed by atoms with van der Waals surface area (Å²) in [5, 5.41) is 8.13. The molecule has 0 bridgehead atoms. The van der Waals surface area contributed by atoms with Gasteiger partial charge in [0.2, 0.25) is 5.91 Å². The zero-order valence-corrected chi connectivity index (χ0v) is 17.2. The molecule has 1 N–H and O–H groups in total. The molecule has 1 aromatic heterocycles. The third kappa shape index (κ3) is 5.13. The normalized spacial score (nSPS) is 17.0. The van der Waals surface area contributed by atoms with E-state index in [1.807, 2.05) is 0 Å². The van der Waals surface area contributed by atoms with Gasteiger partial charge >= 0.3 is 0 Å². The molecule has 2 heterocycles. The van der Waals surface area contributed by atoms with Crippen LogP contribution in [0.5, 0.6) is 0 Å². The van der Waals surface area contributed by atoms with Crippen LogP contribution < -0.4 is 15.8 Å². The van der Waals surface area contributed by atoms with Crippen LogP contribution in [-0.4, -0.2) is 35.3 Å². The van der Waals surface area contributed by atoms with E-state index in [1.165, 1.54) is 10.7 Å². The summed E-state index contributed by atoms with van der Waals surface area (Å²) in [6.45, 7) is 6.43. The Morgan fingerprint density at radius 3 is 2.89 bits per heavy atom. The number of benzene rings is 1. The van der Waals surface area contributed by atoms with Gasteiger partial charge in [-0.15, -0.1) is 5.10 Å². The maximum absolute atomic E-state index is 12.5. The van der Waals surface area contributed by atoms with Gasteiger partial charge in [0.1, 0.15) is 5.82 Å². The Labute approximate surface area is 170 Å². The minimum Gasteiger partial charge on any atom is -0.356 e. The Morgan fingerprint density at radius 1 is 1.32 bits per heavy atom. The van der Waals surface area contributed by atoms with E-state index in [9.17, 15) is 9.59 Å². The Bertz CT molecular complexity index is 881. The number of amides is 1. The number of piperidine rings is 1. The van der Waals surface area contributed by atoms with Gasteiger partial charge in [0.25, 0.3) is 5.56 Å². The Hall–Kier alpha value is -2.34. The van der Waals surface area contributed by atoms with E-state index in [0.29, 0.717) is 35.5 Å². The average Bonchev–Trinajstić information content (AvgIpc) is 2.68. The number of carbonyl (C=O) groups excluding carboxylic acids is 1. The Balaban J connectivity index is 1.73. The molecule has 1 amide bonds. The molecule has 0 spiro atoms. The van der Waals surface area contributed by atoms with E-state index in [-0.39, 0.29) is 17.4 Å². The van der Waals surface area contributed by atoms with Crippen molar-refractivity contribution in [2.45, 2.75) is 33.1 Å². The van der Waals surface area contributed by atoms with E-state index in [1.54, 1.807) is 30.3 Å². The van der Waals surface area contributed by atoms with Crippen molar-refractivity contribution in [2.24, 2.45) is 11.8 Å². The average molecular weight is 403 g/mol. The number of carbonyl (C=O) groups is 1. The Morgan fingerprint density at radius 2 is 2.14 bits per heavy atom. The fourth-order valence-electron chi connectivity index (χ4n) is 3.39. The molecule has 3 rings (SSSR count). The van der Waals surface area contributed by atoms with Crippen molar-refractivity contribution in [3.8, 4) is 5.69 Å². The molecule has 0 unspecified atom stereocenters. The number of hydrogen-bond acceptors (Lipinski definition) is 4. The largest absolute Gasteiger partial charge is 0.356 e. The van der Waals surface area contributed by atoms with Crippen LogP contribution in [-0.2, 0) is 4.79 Å². The van der Waals surface area contributed by atoms with Gasteiger partial charge in [-0.2, -0.15) is 4.68 Å². The summed E-state index contributed by atoms with van der Waals surface area (Å²) in [6, 6.07) is 10.3. The lowest BCUT2D eigenvalue weighted by molar-refractivity contribution is -0.125. The van der Waals surface area contributed by atoms with Gasteiger partial charge in [-0.25, -0.2) is 0 Å². The second-order valence-electron chi connectivity index (χ2n) is 7.68. The lowest BCUT2D eigenvalue weighted by Crippen LogP contribution is -2.44. The molecular formula is C21H27ClN4O2. The smallest absolute Gasteiger partial charge is 0.271 e. The molecule has 28 heavy (non-hydrogen) atoms. The molecular weight excluding hydrogens is 376 g/mol. The van der Waals surface area contributed by atoms with Crippen molar-refractivity contribution in [3.05, 3.63) is 51.8 Å². The Kier molecular flexibility index (Phi) is 6.73. The number of hydrogen-bond donors (Lipinski definition) is 1. The first-order valence-corrected chi connectivity index (χ1v) is 10.2. The summed E-state index contributed by atoms with van der Waals surface area (Å²) in [5.74, 6) is 1.31. The summed E-state index contributed by atoms with van der Waals surface area (Å²) in [6.07, 6.45) is 2.77. The zero-order valence-electron chi connectivity index (χ0n) is 16.4. The predicted octanol–water partition coefficient (Wildman–Crippen LogP) is 3.26. The van der Waals surface area contributed by atoms with E-state index in [4.69, 9.17) is 11.6 Å². The number of rotatable bonds is 6. The highest BCUT2D eigenvalue weighted by Gasteiger charge is 2.26. The van der Waals surface area contributed by atoms with Gasteiger partial charge in [-0.05, 0) is 49.4 Å². The van der Waals surface area contributed by atoms with Crippen LogP contribution in [0.25, 0.3) is 5.69 Å². The van der Waals surface area contributed by atoms with Crippen LogP contribution in [0.3, 0.4) is 0 Å². The number of aromatic nitrogens is 2. The molecule has 1 atom stereocenters. The maximum Gasteiger partial charge on any atom is 0.271 e. The summed E-state index contributed by atoms with van der Waals surface area (Å²) >= 11 is 6.05. The first-order chi connectivity index (χ1) is 13.4. The second kappa shape index (κ2) is 9.24. The van der Waals surface area contributed by atoms with Crippen molar-refractivity contribution in [1.29, 1.82) is 0 Å². The molecule has 1 aliphatic heterocycles. The fraction of sp³-hybridized carbons (Fsp3) is 0.476. The van der Waals surface area contributed by atoms with Crippen LogP contribution in [0.15, 0.2) is 41.2 Å². The quantitative estimate of drug-likeness (QED) is 0.805. The molecule has 6 nitrogen and oxygen atoms in total. The fourth-order valence-corrected chi connectivity index (χ4v) is 3.58. The maximum atomic E-state index is 12.5. The summed E-state index contributed by atoms with van der Waals surface area (Å²) in [4.78, 5) is 26.9. The van der Waals surface area contributed by atoms with Gasteiger partial charge in [0.15, 0.2) is 0 Å². The van der Waals surface area contributed by atoms with Gasteiger partial charge in [-0.1, -0.05) is 31.5 Å². The highest BCUT2D eigenvalue weighted by Crippen LogP contribution is 2.22. The standard InChI is InChI=1S/C21H27ClN4O2/c1-15(2)10-11-23-21(28)16-5-4-12-25(14-16)19-8-9-20(27)26(24-19)18-7-3-6-17(22)13-18/h3,6-9,13,15-16H,4-5,10-12,14H2,1-2H3,(H,23,28)/t16-/m1/s1. The van der Waals surface area contributed by atoms with Crippen molar-refractivity contribution in [2.75, 3.05) is 24.5 Å². The number of nitrogens with one attached hydrogen (secondary N) is 1. The van der Waals surface area contributed by atoms with Gasteiger partial charge in [-0.3, -0.25) is 9.59 Å². The molecule has 1 fully saturated rings. The molecule has 1 saturated heterocycles. The summed E-state index contributed by atoms with van der Waals surface area (Å²) in [5.41, 5.74) is 0.408. The molecule has 0 radical (unpaired) electrons. The van der Waals surface area contributed by atoms with E-state index in [2.05, 4.69) is 29.2 Å². The van der Waals surface area contributed by atoms with Crippen LogP contribution in [0.2, 0.25) is 5.02 Å². The van der Waals surface area contributed by atoms with Crippen molar-refractivity contribution in [1.82, 2.24) is 15.1 Å². The van der Waals surface area contributed by atoms with E-state index < -0.39 is 0 Å². The predicted molar refractivity (Wildman–Crippen MR) is 112 cm³/mol. The van der Waals surface area contributed by atoms with Crippen LogP contribution in [0.4, 0.5) is 5.82 Å². The van der Waals surface area contributed by atoms with Gasteiger partial charge in [0.05, 0.1) is 11.6 Å². The van der Waals surface area contributed by atoms with Crippen LogP contribution in [0, 0.1) is 11.8 Å². The van der Waals surface area contributed by atoms with Crippen LogP contribution >= 0.6 is 11.6 Å². The van der Waals surface area contributed by atoms with Crippen molar-refractivity contribution < 1.29 is 4.79 Å². The molecule has 0 aliphatic carbocycles. The second-order valence-corrected chi connectivity index (χ2v) is 8.12. The number of nitrogens with zero attached hydrogens (tertiary/aromatic N) is 3. The minimum absolute atomic E-state index is 0.0609. The van der Waals surface area contributed by atoms with Gasteiger partial charge in [0, 0.05) is 30.7 Å². The number of halogens is 1.